The number of hydrogen-bond donors (Lipinski definition) is 0. The number of rotatable bonds is 0. The van der Waals surface area contributed by atoms with Gasteiger partial charge in [0.1, 0.15) is 0 Å². The van der Waals surface area contributed by atoms with Gasteiger partial charge in [-0.25, -0.2) is 0 Å². The molecule has 0 N–H and O–H groups in total. The van der Waals surface area contributed by atoms with Crippen LogP contribution in [0.5, 0.6) is 0 Å². The first kappa shape index (κ1) is 43.9. The zero-order valence-corrected chi connectivity index (χ0v) is 18.9. The molecule has 0 heterocycles. The van der Waals surface area contributed by atoms with Crippen LogP contribution in [0.15, 0.2) is 0 Å². The molecule has 0 fully saturated rings. The summed E-state index contributed by atoms with van der Waals surface area (Å²) in [4.78, 5) is 0. The van der Waals surface area contributed by atoms with Crippen molar-refractivity contribution in [1.29, 1.82) is 0 Å². The fourth-order valence-corrected chi connectivity index (χ4v) is 0. The van der Waals surface area contributed by atoms with Gasteiger partial charge in [-0.15, -0.1) is 0 Å². The van der Waals surface area contributed by atoms with Crippen LogP contribution in [0.2, 0.25) is 0 Å². The summed E-state index contributed by atoms with van der Waals surface area (Å²) < 4.78 is 128. The molecule has 0 aliphatic carbocycles. The second-order valence-electron chi connectivity index (χ2n) is 1.12. The Labute approximate surface area is 168 Å². The molecule has 120 valence electrons. The van der Waals surface area contributed by atoms with Crippen LogP contribution in [-0.2, 0) is 114 Å². The van der Waals surface area contributed by atoms with E-state index in [0.29, 0.717) is 0 Å². The van der Waals surface area contributed by atoms with E-state index in [-0.39, 0.29) is 36.5 Å². The van der Waals surface area contributed by atoms with E-state index in [1.165, 1.54) is 0 Å². The average Bonchev–Trinajstić information content (AvgIpc) is 1.94. The Kier molecular flexibility index (Phi) is 76.6. The number of hydrogen-bond acceptors (Lipinski definition) is 15. The van der Waals surface area contributed by atoms with Crippen LogP contribution >= 0.6 is 0 Å². The molecular weight excluding hydrogens is 574 g/mol. The van der Waals surface area contributed by atoms with Crippen LogP contribution < -0.4 is 39.0 Å². The Morgan fingerprint density at radius 1 is 0.364 bits per heavy atom. The van der Waals surface area contributed by atoms with Gasteiger partial charge in [-0.2, -0.15) is 0 Å². The Morgan fingerprint density at radius 2 is 0.364 bits per heavy atom. The molecular formula is GeLiO15V5. The minimum absolute atomic E-state index is 0. The van der Waals surface area contributed by atoms with E-state index in [1.807, 2.05) is 0 Å². The van der Waals surface area contributed by atoms with Gasteiger partial charge in [0, 0.05) is 0 Å². The van der Waals surface area contributed by atoms with Crippen molar-refractivity contribution in [2.24, 2.45) is 0 Å². The SMILES string of the molecule is [Ge+4].[Li+].[O]=[V](=[O])[O-].[O]=[V](=[O])[O-].[O]=[V](=[O])[O-].[O]=[V](=[O])[O-].[O]=[V](=[O])[O-]. The third-order valence-electron chi connectivity index (χ3n) is 0. The van der Waals surface area contributed by atoms with Crippen LogP contribution in [0.1, 0.15) is 0 Å². The molecule has 22 heteroatoms. The van der Waals surface area contributed by atoms with Gasteiger partial charge >= 0.3 is 170 Å². The van der Waals surface area contributed by atoms with Crippen molar-refractivity contribution >= 4 is 17.6 Å². The van der Waals surface area contributed by atoms with Crippen LogP contribution in [-0.4, -0.2) is 17.6 Å². The molecule has 22 heavy (non-hydrogen) atoms. The minimum atomic E-state index is -3.94. The molecule has 0 aliphatic rings. The summed E-state index contributed by atoms with van der Waals surface area (Å²) in [6.07, 6.45) is 0. The maximum absolute atomic E-state index is 8.56. The molecule has 0 spiro atoms. The molecule has 15 nitrogen and oxygen atoms in total. The van der Waals surface area contributed by atoms with Crippen LogP contribution in [0, 0.1) is 0 Å². The van der Waals surface area contributed by atoms with Crippen molar-refractivity contribution in [3.8, 4) is 0 Å². The molecule has 0 amide bonds. The second-order valence-corrected chi connectivity index (χ2v) is 4.61. The summed E-state index contributed by atoms with van der Waals surface area (Å²) in [6.45, 7) is 0. The first-order valence-electron chi connectivity index (χ1n) is 2.74. The van der Waals surface area contributed by atoms with Crippen LogP contribution in [0.25, 0.3) is 0 Å². The zero-order chi connectivity index (χ0) is 17.9. The van der Waals surface area contributed by atoms with Crippen LogP contribution in [0.4, 0.5) is 0 Å². The summed E-state index contributed by atoms with van der Waals surface area (Å²) in [6, 6.07) is 0. The molecule has 0 unspecified atom stereocenters. The van der Waals surface area contributed by atoms with Gasteiger partial charge in [-0.3, -0.25) is 0 Å². The van der Waals surface area contributed by atoms with Gasteiger partial charge in [0.15, 0.2) is 0 Å². The van der Waals surface area contributed by atoms with Crippen LogP contribution in [0.3, 0.4) is 0 Å². The van der Waals surface area contributed by atoms with Gasteiger partial charge in [0.25, 0.3) is 0 Å². The second kappa shape index (κ2) is 38.4. The Bertz CT molecular complexity index is 386. The Hall–Kier alpha value is 1.86. The first-order chi connectivity index (χ1) is 8.66. The zero-order valence-electron chi connectivity index (χ0n) is 9.86. The predicted octanol–water partition coefficient (Wildman–Crippen LogP) is -10.5. The van der Waals surface area contributed by atoms with Crippen molar-refractivity contribution in [3.63, 3.8) is 0 Å². The van der Waals surface area contributed by atoms with Gasteiger partial charge in [-0.1, -0.05) is 0 Å². The van der Waals surface area contributed by atoms with E-state index < -0.39 is 77.0 Å². The van der Waals surface area contributed by atoms with E-state index in [0.717, 1.165) is 0 Å². The Balaban J connectivity index is -0.0000000250. The van der Waals surface area contributed by atoms with Gasteiger partial charge < -0.3 is 0 Å². The Morgan fingerprint density at radius 3 is 0.364 bits per heavy atom. The van der Waals surface area contributed by atoms with Crippen molar-refractivity contribution in [1.82, 2.24) is 0 Å². The van der Waals surface area contributed by atoms with Crippen molar-refractivity contribution < 1.29 is 153 Å². The summed E-state index contributed by atoms with van der Waals surface area (Å²) >= 11 is -19.7. The monoisotopic (exact) mass is 576 g/mol. The van der Waals surface area contributed by atoms with Gasteiger partial charge in [-0.05, 0) is 0 Å². The van der Waals surface area contributed by atoms with Crippen molar-refractivity contribution in [2.45, 2.75) is 0 Å². The van der Waals surface area contributed by atoms with E-state index in [1.54, 1.807) is 0 Å². The average molecular weight is 574 g/mol. The summed E-state index contributed by atoms with van der Waals surface area (Å²) in [5, 5.41) is 0. The molecule has 0 rings (SSSR count). The van der Waals surface area contributed by atoms with Crippen molar-refractivity contribution in [2.75, 3.05) is 0 Å². The summed E-state index contributed by atoms with van der Waals surface area (Å²) in [7, 11) is 0. The fraction of sp³-hybridized carbons (Fsp3) is 0. The van der Waals surface area contributed by atoms with E-state index in [4.69, 9.17) is 56.9 Å². The molecule has 0 bridgehead atoms. The van der Waals surface area contributed by atoms with Gasteiger partial charge in [0.05, 0.1) is 0 Å². The topological polar surface area (TPSA) is 286 Å². The third-order valence-corrected chi connectivity index (χ3v) is 0. The predicted molar refractivity (Wildman–Crippen MR) is 12.6 cm³/mol. The molecule has 0 aliphatic heterocycles. The van der Waals surface area contributed by atoms with E-state index in [2.05, 4.69) is 0 Å². The molecule has 0 saturated heterocycles. The van der Waals surface area contributed by atoms with Crippen molar-refractivity contribution in [3.05, 3.63) is 0 Å². The maximum atomic E-state index is 8.56. The normalized spacial score (nSPS) is 5.68. The molecule has 0 aromatic heterocycles. The molecule has 0 aromatic carbocycles. The molecule has 0 atom stereocenters. The first-order valence-corrected chi connectivity index (χ1v) is 11.3. The quantitative estimate of drug-likeness (QED) is 0.243. The molecule has 0 aromatic rings. The van der Waals surface area contributed by atoms with E-state index in [9.17, 15) is 0 Å². The summed E-state index contributed by atoms with van der Waals surface area (Å²) in [5.74, 6) is 0. The van der Waals surface area contributed by atoms with Gasteiger partial charge in [0.2, 0.25) is 0 Å². The summed E-state index contributed by atoms with van der Waals surface area (Å²) in [5.41, 5.74) is 0. The molecule has 0 saturated carbocycles. The fourth-order valence-electron chi connectivity index (χ4n) is 0. The third kappa shape index (κ3) is 2740. The standard InChI is InChI=1S/Ge.Li.15O.5V/q+4;+1;;;;;;;;;;;5*-1;;;;;. The molecule has 0 radical (unpaired) electrons. The van der Waals surface area contributed by atoms with E-state index >= 15 is 0 Å².